The molecule has 0 aliphatic heterocycles. The highest BCUT2D eigenvalue weighted by Crippen LogP contribution is 2.18. The van der Waals surface area contributed by atoms with Crippen molar-refractivity contribution in [1.29, 1.82) is 0 Å². The van der Waals surface area contributed by atoms with Crippen LogP contribution in [-0.2, 0) is 0 Å². The number of aryl methyl sites for hydroxylation is 1. The minimum absolute atomic E-state index is 0.139. The largest absolute Gasteiger partial charge is 0.398 e. The second-order valence-electron chi connectivity index (χ2n) is 4.15. The van der Waals surface area contributed by atoms with E-state index in [9.17, 15) is 9.59 Å². The Kier molecular flexibility index (Phi) is 3.71. The summed E-state index contributed by atoms with van der Waals surface area (Å²) in [6.07, 6.45) is 0. The van der Waals surface area contributed by atoms with Gasteiger partial charge < -0.3 is 5.73 Å². The number of nitrogens with one attached hydrogen (secondary N) is 1. The quantitative estimate of drug-likeness (QED) is 0.629. The van der Waals surface area contributed by atoms with E-state index in [1.54, 1.807) is 25.1 Å². The van der Waals surface area contributed by atoms with Gasteiger partial charge in [-0.25, -0.2) is 9.89 Å². The van der Waals surface area contributed by atoms with Crippen LogP contribution in [0.3, 0.4) is 0 Å². The van der Waals surface area contributed by atoms with Gasteiger partial charge in [-0.1, -0.05) is 11.6 Å². The van der Waals surface area contributed by atoms with Gasteiger partial charge in [-0.15, -0.1) is 4.68 Å². The molecule has 8 heteroatoms. The number of hydrogen-bond acceptors (Lipinski definition) is 5. The van der Waals surface area contributed by atoms with Crippen LogP contribution in [-0.4, -0.2) is 20.6 Å². The zero-order valence-corrected chi connectivity index (χ0v) is 11.6. The van der Waals surface area contributed by atoms with E-state index < -0.39 is 11.2 Å². The number of H-pyrrole nitrogens is 1. The van der Waals surface area contributed by atoms with Gasteiger partial charge in [-0.3, -0.25) is 4.79 Å². The van der Waals surface area contributed by atoms with Crippen molar-refractivity contribution in [2.75, 3.05) is 5.73 Å². The predicted molar refractivity (Wildman–Crippen MR) is 77.3 cm³/mol. The summed E-state index contributed by atoms with van der Waals surface area (Å²) in [6, 6.07) is 4.88. The van der Waals surface area contributed by atoms with Gasteiger partial charge >= 0.3 is 5.69 Å². The molecule has 20 heavy (non-hydrogen) atoms. The molecule has 1 aromatic carbocycles. The topological polar surface area (TPSA) is 106 Å². The maximum atomic E-state index is 11.8. The first-order valence-corrected chi connectivity index (χ1v) is 6.07. The Balaban J connectivity index is 2.62. The van der Waals surface area contributed by atoms with Crippen LogP contribution in [0, 0.1) is 6.92 Å². The van der Waals surface area contributed by atoms with E-state index in [1.165, 1.54) is 6.92 Å². The molecule has 1 heterocycles. The van der Waals surface area contributed by atoms with Crippen molar-refractivity contribution in [1.82, 2.24) is 14.9 Å². The molecule has 0 unspecified atom stereocenters. The number of hydrogen-bond donors (Lipinski definition) is 2. The fourth-order valence-electron chi connectivity index (χ4n) is 1.61. The Morgan fingerprint density at radius 3 is 2.85 bits per heavy atom. The van der Waals surface area contributed by atoms with Gasteiger partial charge in [0.1, 0.15) is 5.69 Å². The van der Waals surface area contributed by atoms with Crippen molar-refractivity contribution in [2.24, 2.45) is 5.10 Å². The third-order valence-electron chi connectivity index (χ3n) is 2.67. The molecule has 7 nitrogen and oxygen atoms in total. The Morgan fingerprint density at radius 2 is 2.15 bits per heavy atom. The van der Waals surface area contributed by atoms with Crippen LogP contribution in [0.2, 0.25) is 5.02 Å². The van der Waals surface area contributed by atoms with Crippen LogP contribution in [0.5, 0.6) is 0 Å². The third kappa shape index (κ3) is 2.62. The first-order valence-electron chi connectivity index (χ1n) is 5.69. The molecule has 104 valence electrons. The fourth-order valence-corrected chi connectivity index (χ4v) is 1.78. The summed E-state index contributed by atoms with van der Waals surface area (Å²) >= 11 is 5.89. The Morgan fingerprint density at radius 1 is 1.45 bits per heavy atom. The average Bonchev–Trinajstić information content (AvgIpc) is 2.41. The Hall–Kier alpha value is -2.41. The second kappa shape index (κ2) is 5.30. The summed E-state index contributed by atoms with van der Waals surface area (Å²) in [5, 5.41) is 10.2. The van der Waals surface area contributed by atoms with Crippen molar-refractivity contribution in [3.63, 3.8) is 0 Å². The van der Waals surface area contributed by atoms with Gasteiger partial charge in [0.25, 0.3) is 5.56 Å². The van der Waals surface area contributed by atoms with Gasteiger partial charge in [-0.2, -0.15) is 10.2 Å². The van der Waals surface area contributed by atoms with E-state index >= 15 is 0 Å². The van der Waals surface area contributed by atoms with E-state index in [1.807, 2.05) is 0 Å². The summed E-state index contributed by atoms with van der Waals surface area (Å²) < 4.78 is 0.706. The molecule has 0 saturated carbocycles. The van der Waals surface area contributed by atoms with Crippen LogP contribution >= 0.6 is 11.6 Å². The van der Waals surface area contributed by atoms with Crippen molar-refractivity contribution >= 4 is 23.0 Å². The van der Waals surface area contributed by atoms with Gasteiger partial charge in [0.05, 0.1) is 5.71 Å². The van der Waals surface area contributed by atoms with Gasteiger partial charge in [0.2, 0.25) is 0 Å². The van der Waals surface area contributed by atoms with Gasteiger partial charge in [0.15, 0.2) is 0 Å². The number of nitrogens with zero attached hydrogens (tertiary/aromatic N) is 3. The molecule has 0 aliphatic rings. The van der Waals surface area contributed by atoms with E-state index in [0.717, 1.165) is 0 Å². The lowest BCUT2D eigenvalue weighted by Crippen LogP contribution is -2.35. The number of benzene rings is 1. The number of anilines is 1. The molecule has 2 rings (SSSR count). The lowest BCUT2D eigenvalue weighted by atomic mass is 10.1. The maximum absolute atomic E-state index is 11.8. The third-order valence-corrected chi connectivity index (χ3v) is 2.90. The number of nitrogens with two attached hydrogens (primary N) is 1. The van der Waals surface area contributed by atoms with Crippen LogP contribution in [0.25, 0.3) is 0 Å². The fraction of sp³-hybridized carbons (Fsp3) is 0.167. The predicted octanol–water partition coefficient (Wildman–Crippen LogP) is 0.748. The summed E-state index contributed by atoms with van der Waals surface area (Å²) in [5.41, 5.74) is 6.05. The van der Waals surface area contributed by atoms with Crippen LogP contribution in [0.15, 0.2) is 32.9 Å². The maximum Gasteiger partial charge on any atom is 0.365 e. The van der Waals surface area contributed by atoms with Crippen molar-refractivity contribution in [3.05, 3.63) is 55.3 Å². The van der Waals surface area contributed by atoms with E-state index in [-0.39, 0.29) is 5.69 Å². The molecule has 0 bridgehead atoms. The lowest BCUT2D eigenvalue weighted by molar-refractivity contribution is 0.691. The zero-order valence-electron chi connectivity index (χ0n) is 10.8. The van der Waals surface area contributed by atoms with E-state index in [4.69, 9.17) is 17.3 Å². The summed E-state index contributed by atoms with van der Waals surface area (Å²) in [4.78, 5) is 23.4. The molecule has 0 aliphatic carbocycles. The molecule has 0 radical (unpaired) electrons. The normalized spacial score (nSPS) is 11.7. The first kappa shape index (κ1) is 14.0. The number of aromatic nitrogens is 3. The first-order chi connectivity index (χ1) is 9.40. The monoisotopic (exact) mass is 293 g/mol. The standard InChI is InChI=1S/C12H12ClN5O2/c1-6(9-5-8(13)3-4-10(9)14)17-18-11(19)7(2)15-16-12(18)20/h3-5H,14H2,1-2H3,(H,16,20)/b17-6+. The smallest absolute Gasteiger partial charge is 0.365 e. The number of rotatable bonds is 2. The number of halogens is 1. The van der Waals surface area contributed by atoms with Gasteiger partial charge in [-0.05, 0) is 32.0 Å². The van der Waals surface area contributed by atoms with E-state index in [2.05, 4.69) is 15.3 Å². The molecular weight excluding hydrogens is 282 g/mol. The average molecular weight is 294 g/mol. The van der Waals surface area contributed by atoms with Crippen LogP contribution in [0.1, 0.15) is 18.2 Å². The minimum atomic E-state index is -0.722. The second-order valence-corrected chi connectivity index (χ2v) is 4.58. The molecule has 2 aromatic rings. The van der Waals surface area contributed by atoms with Crippen LogP contribution < -0.4 is 17.0 Å². The molecule has 0 fully saturated rings. The van der Waals surface area contributed by atoms with Crippen molar-refractivity contribution in [3.8, 4) is 0 Å². The van der Waals surface area contributed by atoms with Crippen molar-refractivity contribution < 1.29 is 0 Å². The summed E-state index contributed by atoms with van der Waals surface area (Å²) in [7, 11) is 0. The molecule has 0 spiro atoms. The number of nitrogen functional groups attached to an aromatic ring is 1. The highest BCUT2D eigenvalue weighted by molar-refractivity contribution is 6.31. The molecular formula is C12H12ClN5O2. The zero-order chi connectivity index (χ0) is 14.9. The van der Waals surface area contributed by atoms with Gasteiger partial charge in [0, 0.05) is 16.3 Å². The lowest BCUT2D eigenvalue weighted by Gasteiger charge is -2.06. The van der Waals surface area contributed by atoms with Crippen molar-refractivity contribution in [2.45, 2.75) is 13.8 Å². The number of aromatic amines is 1. The highest BCUT2D eigenvalue weighted by atomic mass is 35.5. The molecule has 1 aromatic heterocycles. The highest BCUT2D eigenvalue weighted by Gasteiger charge is 2.08. The van der Waals surface area contributed by atoms with Crippen LogP contribution in [0.4, 0.5) is 5.69 Å². The minimum Gasteiger partial charge on any atom is -0.398 e. The molecule has 0 amide bonds. The van der Waals surface area contributed by atoms with E-state index in [0.29, 0.717) is 26.7 Å². The molecule has 0 saturated heterocycles. The molecule has 0 atom stereocenters. The summed E-state index contributed by atoms with van der Waals surface area (Å²) in [5.74, 6) is 0. The Bertz CT molecular complexity index is 806. The Labute approximate surface area is 118 Å². The SMILES string of the molecule is C/C(=N\n1c(=O)[nH]nc(C)c1=O)c1cc(Cl)ccc1N. The molecule has 3 N–H and O–H groups in total. The summed E-state index contributed by atoms with van der Waals surface area (Å²) in [6.45, 7) is 3.11.